The molecule has 19 heavy (non-hydrogen) atoms. The van der Waals surface area contributed by atoms with Crippen LogP contribution >= 0.6 is 0 Å². The summed E-state index contributed by atoms with van der Waals surface area (Å²) in [6.45, 7) is 4.01. The third-order valence-electron chi connectivity index (χ3n) is 4.65. The van der Waals surface area contributed by atoms with E-state index >= 15 is 0 Å². The van der Waals surface area contributed by atoms with Crippen LogP contribution in [0, 0.1) is 11.8 Å². The van der Waals surface area contributed by atoms with Crippen LogP contribution in [-0.4, -0.2) is 45.5 Å². The number of hydrogen-bond acceptors (Lipinski definition) is 4. The molecule has 3 N–H and O–H groups in total. The maximum Gasteiger partial charge on any atom is 0.0640 e. The van der Waals surface area contributed by atoms with Crippen LogP contribution in [0.1, 0.15) is 24.8 Å². The molecule has 5 heteroatoms. The Labute approximate surface area is 114 Å². The lowest BCUT2D eigenvalue weighted by molar-refractivity contribution is 0.259. The predicted octanol–water partition coefficient (Wildman–Crippen LogP) is 0.435. The van der Waals surface area contributed by atoms with Crippen molar-refractivity contribution < 1.29 is 5.11 Å². The third kappa shape index (κ3) is 2.83. The van der Waals surface area contributed by atoms with Gasteiger partial charge in [0.15, 0.2) is 0 Å². The van der Waals surface area contributed by atoms with Crippen molar-refractivity contribution in [1.29, 1.82) is 0 Å². The van der Waals surface area contributed by atoms with E-state index in [1.807, 2.05) is 17.1 Å². The number of aliphatic hydroxyl groups excluding tert-OH is 1. The number of nitrogens with two attached hydrogens (primary N) is 1. The van der Waals surface area contributed by atoms with Crippen molar-refractivity contribution in [3.63, 3.8) is 0 Å². The lowest BCUT2D eigenvalue weighted by Crippen LogP contribution is -2.38. The van der Waals surface area contributed by atoms with E-state index in [2.05, 4.69) is 10.00 Å². The molecule has 2 aliphatic rings. The molecule has 0 spiro atoms. The first-order valence-corrected chi connectivity index (χ1v) is 7.36. The zero-order valence-corrected chi connectivity index (χ0v) is 11.4. The van der Waals surface area contributed by atoms with E-state index in [1.54, 1.807) is 0 Å². The number of rotatable bonds is 4. The smallest absolute Gasteiger partial charge is 0.0640 e. The van der Waals surface area contributed by atoms with Crippen molar-refractivity contribution in [3.05, 3.63) is 18.0 Å². The fourth-order valence-corrected chi connectivity index (χ4v) is 3.71. The number of nitrogens with zero attached hydrogens (tertiary/aromatic N) is 3. The Hall–Kier alpha value is -0.910. The Morgan fingerprint density at radius 1 is 1.37 bits per heavy atom. The molecule has 0 aromatic carbocycles. The summed E-state index contributed by atoms with van der Waals surface area (Å²) in [5.74, 6) is 1.50. The first kappa shape index (κ1) is 13.1. The molecular formula is C14H24N4O. The lowest BCUT2D eigenvalue weighted by Gasteiger charge is -2.29. The molecule has 1 aliphatic carbocycles. The minimum absolute atomic E-state index is 0.143. The van der Waals surface area contributed by atoms with E-state index < -0.39 is 0 Å². The van der Waals surface area contributed by atoms with Gasteiger partial charge < -0.3 is 10.8 Å². The summed E-state index contributed by atoms with van der Waals surface area (Å²) in [6, 6.07) is 0.404. The van der Waals surface area contributed by atoms with Gasteiger partial charge in [0.1, 0.15) is 0 Å². The molecule has 1 aliphatic heterocycles. The van der Waals surface area contributed by atoms with Crippen LogP contribution in [0.4, 0.5) is 0 Å². The van der Waals surface area contributed by atoms with E-state index in [9.17, 15) is 0 Å². The highest BCUT2D eigenvalue weighted by molar-refractivity contribution is 5.05. The van der Waals surface area contributed by atoms with Crippen LogP contribution in [0.2, 0.25) is 0 Å². The normalized spacial score (nSPS) is 31.6. The van der Waals surface area contributed by atoms with E-state index in [0.29, 0.717) is 18.5 Å². The van der Waals surface area contributed by atoms with Gasteiger partial charge in [0.05, 0.1) is 19.3 Å². The molecule has 1 saturated carbocycles. The van der Waals surface area contributed by atoms with Crippen molar-refractivity contribution in [1.82, 2.24) is 14.7 Å². The third-order valence-corrected chi connectivity index (χ3v) is 4.65. The molecule has 3 rings (SSSR count). The highest BCUT2D eigenvalue weighted by atomic mass is 16.3. The molecule has 2 heterocycles. The Balaban J connectivity index is 1.58. The molecule has 1 saturated heterocycles. The van der Waals surface area contributed by atoms with Gasteiger partial charge in [-0.1, -0.05) is 6.42 Å². The minimum Gasteiger partial charge on any atom is -0.394 e. The van der Waals surface area contributed by atoms with Gasteiger partial charge in [-0.15, -0.1) is 0 Å². The summed E-state index contributed by atoms with van der Waals surface area (Å²) < 4.78 is 1.81. The van der Waals surface area contributed by atoms with Crippen LogP contribution in [-0.2, 0) is 13.1 Å². The summed E-state index contributed by atoms with van der Waals surface area (Å²) >= 11 is 0. The molecule has 3 atom stereocenters. The molecule has 0 amide bonds. The molecule has 2 fully saturated rings. The van der Waals surface area contributed by atoms with Crippen LogP contribution in [0.3, 0.4) is 0 Å². The minimum atomic E-state index is 0.143. The van der Waals surface area contributed by atoms with Crippen molar-refractivity contribution in [3.8, 4) is 0 Å². The molecule has 1 aromatic rings. The first-order chi connectivity index (χ1) is 9.26. The molecule has 106 valence electrons. The SMILES string of the molecule is NC1CCCC2CN(Cc3cnn(CCO)c3)CC12. The van der Waals surface area contributed by atoms with E-state index in [-0.39, 0.29) is 6.61 Å². The number of likely N-dealkylation sites (tertiary alicyclic amines) is 1. The van der Waals surface area contributed by atoms with Crippen LogP contribution in [0.25, 0.3) is 0 Å². The Morgan fingerprint density at radius 2 is 2.26 bits per heavy atom. The Kier molecular flexibility index (Phi) is 3.86. The monoisotopic (exact) mass is 264 g/mol. The summed E-state index contributed by atoms with van der Waals surface area (Å²) in [5.41, 5.74) is 7.49. The molecule has 5 nitrogen and oxygen atoms in total. The molecule has 3 unspecified atom stereocenters. The maximum absolute atomic E-state index is 8.90. The van der Waals surface area contributed by atoms with Gasteiger partial charge in [0.25, 0.3) is 0 Å². The fourth-order valence-electron chi connectivity index (χ4n) is 3.71. The number of aliphatic hydroxyl groups is 1. The molecular weight excluding hydrogens is 240 g/mol. The highest BCUT2D eigenvalue weighted by Crippen LogP contribution is 2.35. The second-order valence-corrected chi connectivity index (χ2v) is 6.05. The van der Waals surface area contributed by atoms with Gasteiger partial charge in [-0.05, 0) is 24.7 Å². The van der Waals surface area contributed by atoms with Crippen molar-refractivity contribution in [2.45, 2.75) is 38.4 Å². The number of hydrogen-bond donors (Lipinski definition) is 2. The van der Waals surface area contributed by atoms with Gasteiger partial charge >= 0.3 is 0 Å². The van der Waals surface area contributed by atoms with Crippen molar-refractivity contribution in [2.24, 2.45) is 17.6 Å². The van der Waals surface area contributed by atoms with Gasteiger partial charge in [-0.25, -0.2) is 0 Å². The molecule has 1 aromatic heterocycles. The zero-order chi connectivity index (χ0) is 13.2. The average molecular weight is 264 g/mol. The topological polar surface area (TPSA) is 67.3 Å². The highest BCUT2D eigenvalue weighted by Gasteiger charge is 2.38. The summed E-state index contributed by atoms with van der Waals surface area (Å²) in [6.07, 6.45) is 7.79. The summed E-state index contributed by atoms with van der Waals surface area (Å²) in [5, 5.41) is 13.2. The quantitative estimate of drug-likeness (QED) is 0.828. The van der Waals surface area contributed by atoms with Gasteiger partial charge in [0, 0.05) is 37.4 Å². The Morgan fingerprint density at radius 3 is 3.05 bits per heavy atom. The summed E-state index contributed by atoms with van der Waals surface area (Å²) in [7, 11) is 0. The van der Waals surface area contributed by atoms with Gasteiger partial charge in [-0.2, -0.15) is 5.10 Å². The predicted molar refractivity (Wildman–Crippen MR) is 73.4 cm³/mol. The van der Waals surface area contributed by atoms with Gasteiger partial charge in [0.2, 0.25) is 0 Å². The largest absolute Gasteiger partial charge is 0.394 e. The second-order valence-electron chi connectivity index (χ2n) is 6.05. The van der Waals surface area contributed by atoms with Crippen molar-refractivity contribution >= 4 is 0 Å². The summed E-state index contributed by atoms with van der Waals surface area (Å²) in [4.78, 5) is 2.51. The van der Waals surface area contributed by atoms with Crippen molar-refractivity contribution in [2.75, 3.05) is 19.7 Å². The first-order valence-electron chi connectivity index (χ1n) is 7.36. The average Bonchev–Trinajstić information content (AvgIpc) is 2.98. The van der Waals surface area contributed by atoms with Crippen LogP contribution in [0.15, 0.2) is 12.4 Å². The number of fused-ring (bicyclic) bond motifs is 1. The van der Waals surface area contributed by atoms with Crippen LogP contribution < -0.4 is 5.73 Å². The maximum atomic E-state index is 8.90. The second kappa shape index (κ2) is 5.61. The van der Waals surface area contributed by atoms with E-state index in [0.717, 1.165) is 19.0 Å². The molecule has 0 radical (unpaired) electrons. The number of aromatic nitrogens is 2. The van der Waals surface area contributed by atoms with E-state index in [4.69, 9.17) is 10.8 Å². The zero-order valence-electron chi connectivity index (χ0n) is 11.4. The van der Waals surface area contributed by atoms with Crippen LogP contribution in [0.5, 0.6) is 0 Å². The Bertz CT molecular complexity index is 419. The van der Waals surface area contributed by atoms with E-state index in [1.165, 1.54) is 31.4 Å². The van der Waals surface area contributed by atoms with Gasteiger partial charge in [-0.3, -0.25) is 9.58 Å². The molecule has 0 bridgehead atoms. The lowest BCUT2D eigenvalue weighted by atomic mass is 9.78. The standard InChI is InChI=1S/C14H24N4O/c15-14-3-1-2-12-9-17(10-13(12)14)7-11-6-16-18(8-11)4-5-19/h6,8,12-14,19H,1-5,7,9-10,15H2. The fraction of sp³-hybridized carbons (Fsp3) is 0.786.